The van der Waals surface area contributed by atoms with Gasteiger partial charge in [0.05, 0.1) is 27.7 Å². The Balaban J connectivity index is 1.42. The topological polar surface area (TPSA) is 126 Å². The van der Waals surface area contributed by atoms with E-state index in [1.807, 2.05) is 49.4 Å². The van der Waals surface area contributed by atoms with Gasteiger partial charge in [0.2, 0.25) is 5.91 Å². The summed E-state index contributed by atoms with van der Waals surface area (Å²) in [4.78, 5) is 57.9. The lowest BCUT2D eigenvalue weighted by Gasteiger charge is -2.31. The second-order valence-corrected chi connectivity index (χ2v) is 12.3. The molecular weight excluding hydrogens is 534 g/mol. The van der Waals surface area contributed by atoms with Crippen LogP contribution >= 0.6 is 0 Å². The third-order valence-electron chi connectivity index (χ3n) is 8.25. The van der Waals surface area contributed by atoms with Gasteiger partial charge >= 0.3 is 6.09 Å². The summed E-state index contributed by atoms with van der Waals surface area (Å²) >= 11 is 0. The van der Waals surface area contributed by atoms with E-state index < -0.39 is 29.6 Å². The molecule has 0 saturated carbocycles. The molecule has 3 aromatic carbocycles. The lowest BCUT2D eigenvalue weighted by molar-refractivity contribution is -0.135. The van der Waals surface area contributed by atoms with E-state index in [-0.39, 0.29) is 11.9 Å². The van der Waals surface area contributed by atoms with Crippen LogP contribution in [0.5, 0.6) is 0 Å². The number of aromatic nitrogens is 2. The number of amides is 4. The molecule has 0 fully saturated rings. The van der Waals surface area contributed by atoms with Crippen molar-refractivity contribution in [3.8, 4) is 0 Å². The molecule has 42 heavy (non-hydrogen) atoms. The average molecular weight is 566 g/mol. The van der Waals surface area contributed by atoms with Gasteiger partial charge in [-0.05, 0) is 46.2 Å². The first-order valence-corrected chi connectivity index (χ1v) is 14.1. The molecule has 2 aliphatic rings. The largest absolute Gasteiger partial charge is 0.444 e. The van der Waals surface area contributed by atoms with E-state index in [0.717, 1.165) is 49.2 Å². The van der Waals surface area contributed by atoms with Crippen LogP contribution < -0.4 is 10.6 Å². The standard InChI is InChI=1S/C32H31N5O5/c1-15-13-37-26-17(14-36(15)30(40)16(2)33-31(41)42-32(3,4)5)9-8-11-19(26)22-24-23(28(38)35-29(24)39)21-18-10-6-7-12-20(18)34-25(21)27(22)37/h6-12,15-16,34H,13-14H2,1-5H3,(H,33,41)(H,35,38,39)/t15?,16-/m1/s1. The first kappa shape index (κ1) is 26.1. The highest BCUT2D eigenvalue weighted by molar-refractivity contribution is 6.39. The van der Waals surface area contributed by atoms with Crippen molar-refractivity contribution < 1.29 is 23.9 Å². The zero-order valence-corrected chi connectivity index (χ0v) is 24.0. The zero-order valence-electron chi connectivity index (χ0n) is 24.0. The molecule has 3 N–H and O–H groups in total. The molecule has 5 aromatic rings. The number of ether oxygens (including phenoxy) is 1. The van der Waals surface area contributed by atoms with Crippen LogP contribution in [0.25, 0.3) is 43.6 Å². The van der Waals surface area contributed by atoms with Crippen LogP contribution in [-0.2, 0) is 22.6 Å². The number of fused-ring (bicyclic) bond motifs is 10. The fourth-order valence-electron chi connectivity index (χ4n) is 6.61. The van der Waals surface area contributed by atoms with Crippen molar-refractivity contribution in [3.05, 3.63) is 59.2 Å². The fraction of sp³-hybridized carbons (Fsp3) is 0.312. The number of carbonyl (C=O) groups is 4. The lowest BCUT2D eigenvalue weighted by atomic mass is 9.96. The number of hydrogen-bond donors (Lipinski definition) is 3. The number of carbonyl (C=O) groups excluding carboxylic acids is 4. The number of nitrogens with one attached hydrogen (secondary N) is 3. The van der Waals surface area contributed by atoms with Gasteiger partial charge in [-0.2, -0.15) is 0 Å². The van der Waals surface area contributed by atoms with Crippen LogP contribution in [0.15, 0.2) is 42.5 Å². The van der Waals surface area contributed by atoms with Crippen LogP contribution in [-0.4, -0.2) is 56.0 Å². The number of imide groups is 1. The third-order valence-corrected chi connectivity index (χ3v) is 8.25. The molecule has 10 heteroatoms. The van der Waals surface area contributed by atoms with E-state index in [1.165, 1.54) is 0 Å². The number of alkyl carbamates (subject to hydrolysis) is 1. The first-order valence-electron chi connectivity index (χ1n) is 14.1. The van der Waals surface area contributed by atoms with Gasteiger partial charge in [-0.15, -0.1) is 0 Å². The molecule has 0 saturated heterocycles. The summed E-state index contributed by atoms with van der Waals surface area (Å²) in [7, 11) is 0. The molecule has 4 heterocycles. The van der Waals surface area contributed by atoms with Crippen molar-refractivity contribution in [1.29, 1.82) is 0 Å². The Morgan fingerprint density at radius 1 is 0.976 bits per heavy atom. The lowest BCUT2D eigenvalue weighted by Crippen LogP contribution is -2.50. The Kier molecular flexibility index (Phi) is 5.47. The van der Waals surface area contributed by atoms with Gasteiger partial charge in [-0.1, -0.05) is 36.4 Å². The highest BCUT2D eigenvalue weighted by Crippen LogP contribution is 2.45. The second kappa shape index (κ2) is 8.82. The van der Waals surface area contributed by atoms with Crippen LogP contribution in [0, 0.1) is 0 Å². The normalized spacial score (nSPS) is 17.5. The molecule has 10 nitrogen and oxygen atoms in total. The van der Waals surface area contributed by atoms with E-state index >= 15 is 0 Å². The van der Waals surface area contributed by atoms with Gasteiger partial charge in [0.25, 0.3) is 11.8 Å². The number of aromatic amines is 1. The number of benzene rings is 3. The highest BCUT2D eigenvalue weighted by atomic mass is 16.6. The van der Waals surface area contributed by atoms with Crippen molar-refractivity contribution in [2.45, 2.75) is 65.4 Å². The maximum Gasteiger partial charge on any atom is 0.408 e. The molecular formula is C32H31N5O5. The molecule has 2 atom stereocenters. The number of para-hydroxylation sites is 2. The molecule has 4 amide bonds. The van der Waals surface area contributed by atoms with Crippen LogP contribution in [0.1, 0.15) is 60.9 Å². The average Bonchev–Trinajstić information content (AvgIpc) is 3.51. The number of rotatable bonds is 2. The van der Waals surface area contributed by atoms with Crippen molar-refractivity contribution in [3.63, 3.8) is 0 Å². The Bertz CT molecular complexity index is 2030. The van der Waals surface area contributed by atoms with Crippen molar-refractivity contribution in [2.24, 2.45) is 0 Å². The Labute approximate surface area is 241 Å². The zero-order chi connectivity index (χ0) is 29.7. The molecule has 0 bridgehead atoms. The Morgan fingerprint density at radius 3 is 2.40 bits per heavy atom. The molecule has 1 unspecified atom stereocenters. The SMILES string of the molecule is CC1Cn2c3c(cccc3c3c4c(c5c6ccccc6[nH]c5c32)C(=O)NC4=O)CN1C(=O)[C@@H](C)NC(=O)OC(C)(C)C. The molecule has 0 radical (unpaired) electrons. The van der Waals surface area contributed by atoms with Gasteiger partial charge in [-0.3, -0.25) is 19.7 Å². The smallest absolute Gasteiger partial charge is 0.408 e. The Morgan fingerprint density at radius 2 is 1.67 bits per heavy atom. The summed E-state index contributed by atoms with van der Waals surface area (Å²) < 4.78 is 7.54. The minimum absolute atomic E-state index is 0.220. The summed E-state index contributed by atoms with van der Waals surface area (Å²) in [5.74, 6) is -1.02. The predicted molar refractivity (Wildman–Crippen MR) is 159 cm³/mol. The minimum atomic E-state index is -0.797. The van der Waals surface area contributed by atoms with Crippen LogP contribution in [0.2, 0.25) is 0 Å². The maximum absolute atomic E-state index is 13.7. The number of nitrogens with zero attached hydrogens (tertiary/aromatic N) is 2. The number of H-pyrrole nitrogens is 1. The van der Waals surface area contributed by atoms with Crippen LogP contribution in [0.4, 0.5) is 4.79 Å². The van der Waals surface area contributed by atoms with Crippen molar-refractivity contribution in [1.82, 2.24) is 25.1 Å². The second-order valence-electron chi connectivity index (χ2n) is 12.3. The van der Waals surface area contributed by atoms with Crippen LogP contribution in [0.3, 0.4) is 0 Å². The van der Waals surface area contributed by atoms with E-state index in [9.17, 15) is 19.2 Å². The van der Waals surface area contributed by atoms with Gasteiger partial charge < -0.3 is 24.5 Å². The molecule has 214 valence electrons. The molecule has 0 aliphatic carbocycles. The third kappa shape index (κ3) is 3.71. The van der Waals surface area contributed by atoms with Crippen molar-refractivity contribution in [2.75, 3.05) is 0 Å². The summed E-state index contributed by atoms with van der Waals surface area (Å²) in [5, 5.41) is 8.38. The predicted octanol–water partition coefficient (Wildman–Crippen LogP) is 4.96. The van der Waals surface area contributed by atoms with Gasteiger partial charge in [0.15, 0.2) is 0 Å². The quantitative estimate of drug-likeness (QED) is 0.261. The van der Waals surface area contributed by atoms with E-state index in [1.54, 1.807) is 32.6 Å². The first-order chi connectivity index (χ1) is 19.9. The van der Waals surface area contributed by atoms with E-state index in [2.05, 4.69) is 20.2 Å². The summed E-state index contributed by atoms with van der Waals surface area (Å²) in [5.41, 5.74) is 4.42. The summed E-state index contributed by atoms with van der Waals surface area (Å²) in [6.45, 7) is 9.72. The van der Waals surface area contributed by atoms with Gasteiger partial charge in [0, 0.05) is 46.2 Å². The maximum atomic E-state index is 13.7. The monoisotopic (exact) mass is 565 g/mol. The highest BCUT2D eigenvalue weighted by Gasteiger charge is 2.38. The molecule has 7 rings (SSSR count). The van der Waals surface area contributed by atoms with E-state index in [0.29, 0.717) is 24.2 Å². The fourth-order valence-corrected chi connectivity index (χ4v) is 6.61. The molecule has 0 spiro atoms. The van der Waals surface area contributed by atoms with Gasteiger partial charge in [0.1, 0.15) is 11.6 Å². The summed E-state index contributed by atoms with van der Waals surface area (Å²) in [6.07, 6.45) is -0.645. The minimum Gasteiger partial charge on any atom is -0.444 e. The summed E-state index contributed by atoms with van der Waals surface area (Å²) in [6, 6.07) is 12.6. The number of hydrogen-bond acceptors (Lipinski definition) is 5. The molecule has 2 aliphatic heterocycles. The Hall–Kier alpha value is -4.86. The van der Waals surface area contributed by atoms with Gasteiger partial charge in [-0.25, -0.2) is 4.79 Å². The van der Waals surface area contributed by atoms with Crippen molar-refractivity contribution >= 4 is 67.4 Å². The van der Waals surface area contributed by atoms with E-state index in [4.69, 9.17) is 4.74 Å². The molecule has 2 aromatic heterocycles.